The molecule has 1 aliphatic rings. The van der Waals surface area contributed by atoms with Gasteiger partial charge in [0.2, 0.25) is 0 Å². The van der Waals surface area contributed by atoms with Gasteiger partial charge in [-0.25, -0.2) is 4.79 Å². The Hall–Kier alpha value is -1.71. The second-order valence-electron chi connectivity index (χ2n) is 5.65. The maximum absolute atomic E-state index is 12.2. The highest BCUT2D eigenvalue weighted by atomic mass is 16.6. The van der Waals surface area contributed by atoms with Gasteiger partial charge in [-0.05, 0) is 39.8 Å². The minimum absolute atomic E-state index is 0.215. The highest BCUT2D eigenvalue weighted by Gasteiger charge is 2.29. The van der Waals surface area contributed by atoms with Crippen molar-refractivity contribution in [3.8, 4) is 0 Å². The minimum atomic E-state index is -0.472. The van der Waals surface area contributed by atoms with Crippen LogP contribution in [0.2, 0.25) is 0 Å². The summed E-state index contributed by atoms with van der Waals surface area (Å²) in [6, 6.07) is 8.00. The molecule has 1 aliphatic heterocycles. The molecule has 98 valence electrons. The van der Waals surface area contributed by atoms with E-state index in [-0.39, 0.29) is 12.1 Å². The normalized spacial score (nSPS) is 18.9. The second kappa shape index (κ2) is 4.52. The number of benzene rings is 1. The Morgan fingerprint density at radius 1 is 1.39 bits per heavy atom. The van der Waals surface area contributed by atoms with E-state index in [1.54, 1.807) is 4.90 Å². The van der Waals surface area contributed by atoms with E-state index in [1.807, 2.05) is 52.0 Å². The summed E-state index contributed by atoms with van der Waals surface area (Å²) < 4.78 is 5.44. The third-order valence-electron chi connectivity index (χ3n) is 2.67. The summed E-state index contributed by atoms with van der Waals surface area (Å²) in [5.74, 6) is 0. The van der Waals surface area contributed by atoms with Crippen LogP contribution in [0.5, 0.6) is 0 Å². The highest BCUT2D eigenvalue weighted by Crippen LogP contribution is 2.31. The van der Waals surface area contributed by atoms with Gasteiger partial charge in [-0.15, -0.1) is 0 Å². The molecule has 4 nitrogen and oxygen atoms in total. The molecule has 0 radical (unpaired) electrons. The van der Waals surface area contributed by atoms with Crippen molar-refractivity contribution >= 4 is 17.5 Å². The van der Waals surface area contributed by atoms with Crippen LogP contribution in [0.3, 0.4) is 0 Å². The molecule has 4 heteroatoms. The molecule has 0 aromatic heterocycles. The Morgan fingerprint density at radius 2 is 2.06 bits per heavy atom. The van der Waals surface area contributed by atoms with Gasteiger partial charge in [-0.3, -0.25) is 4.90 Å². The van der Waals surface area contributed by atoms with Crippen LogP contribution < -0.4 is 10.2 Å². The average Bonchev–Trinajstić information content (AvgIpc) is 2.25. The number of carbonyl (C=O) groups is 1. The summed E-state index contributed by atoms with van der Waals surface area (Å²) in [6.45, 7) is 8.30. The van der Waals surface area contributed by atoms with E-state index in [1.165, 1.54) is 0 Å². The molecule has 0 saturated carbocycles. The number of rotatable bonds is 0. The van der Waals surface area contributed by atoms with Gasteiger partial charge in [0, 0.05) is 12.6 Å². The molecule has 2 rings (SSSR count). The van der Waals surface area contributed by atoms with Crippen LogP contribution >= 0.6 is 0 Å². The van der Waals surface area contributed by atoms with Crippen molar-refractivity contribution in [1.29, 1.82) is 0 Å². The number of hydrogen-bond acceptors (Lipinski definition) is 3. The van der Waals surface area contributed by atoms with Gasteiger partial charge < -0.3 is 10.1 Å². The molecular weight excluding hydrogens is 228 g/mol. The van der Waals surface area contributed by atoms with Crippen LogP contribution in [0.4, 0.5) is 16.2 Å². The molecule has 0 fully saturated rings. The lowest BCUT2D eigenvalue weighted by Gasteiger charge is -2.35. The molecular formula is C14H20N2O2. The number of anilines is 2. The van der Waals surface area contributed by atoms with Gasteiger partial charge in [0.05, 0.1) is 11.4 Å². The third-order valence-corrected chi connectivity index (χ3v) is 2.67. The number of para-hydroxylation sites is 2. The van der Waals surface area contributed by atoms with Gasteiger partial charge in [0.1, 0.15) is 5.60 Å². The number of ether oxygens (including phenoxy) is 1. The minimum Gasteiger partial charge on any atom is -0.443 e. The second-order valence-corrected chi connectivity index (χ2v) is 5.65. The van der Waals surface area contributed by atoms with E-state index in [4.69, 9.17) is 4.74 Å². The predicted molar refractivity (Wildman–Crippen MR) is 73.1 cm³/mol. The molecule has 1 N–H and O–H groups in total. The number of carbonyl (C=O) groups excluding carboxylic acids is 1. The molecule has 0 aliphatic carbocycles. The smallest absolute Gasteiger partial charge is 0.414 e. The Kier molecular flexibility index (Phi) is 3.20. The van der Waals surface area contributed by atoms with E-state index in [2.05, 4.69) is 5.32 Å². The summed E-state index contributed by atoms with van der Waals surface area (Å²) in [7, 11) is 0. The molecule has 0 unspecified atom stereocenters. The quantitative estimate of drug-likeness (QED) is 0.766. The van der Waals surface area contributed by atoms with Crippen molar-refractivity contribution in [1.82, 2.24) is 0 Å². The third kappa shape index (κ3) is 2.75. The molecule has 1 aromatic rings. The number of fused-ring (bicyclic) bond motifs is 1. The fourth-order valence-electron chi connectivity index (χ4n) is 2.00. The van der Waals surface area contributed by atoms with E-state index < -0.39 is 5.60 Å². The number of hydrogen-bond donors (Lipinski definition) is 1. The van der Waals surface area contributed by atoms with E-state index >= 15 is 0 Å². The zero-order chi connectivity index (χ0) is 13.3. The van der Waals surface area contributed by atoms with Crippen molar-refractivity contribution in [2.24, 2.45) is 0 Å². The van der Waals surface area contributed by atoms with E-state index in [0.717, 1.165) is 11.4 Å². The number of amides is 1. The zero-order valence-electron chi connectivity index (χ0n) is 11.4. The topological polar surface area (TPSA) is 41.6 Å². The van der Waals surface area contributed by atoms with Crippen molar-refractivity contribution in [3.63, 3.8) is 0 Å². The lowest BCUT2D eigenvalue weighted by Crippen LogP contribution is -2.45. The standard InChI is InChI=1S/C14H20N2O2/c1-10-9-16(13(17)18-14(2,3)4)12-8-6-5-7-11(12)15-10/h5-8,10,15H,9H2,1-4H3/t10-/m0/s1. The van der Waals surface area contributed by atoms with E-state index in [9.17, 15) is 4.79 Å². The van der Waals surface area contributed by atoms with Crippen LogP contribution in [0.1, 0.15) is 27.7 Å². The van der Waals surface area contributed by atoms with Crippen LogP contribution in [0.15, 0.2) is 24.3 Å². The van der Waals surface area contributed by atoms with Crippen molar-refractivity contribution in [3.05, 3.63) is 24.3 Å². The fourth-order valence-corrected chi connectivity index (χ4v) is 2.00. The monoisotopic (exact) mass is 248 g/mol. The van der Waals surface area contributed by atoms with Crippen LogP contribution in [-0.4, -0.2) is 24.3 Å². The largest absolute Gasteiger partial charge is 0.443 e. The fraction of sp³-hybridized carbons (Fsp3) is 0.500. The Morgan fingerprint density at radius 3 is 2.72 bits per heavy atom. The summed E-state index contributed by atoms with van der Waals surface area (Å²) in [5, 5.41) is 3.36. The summed E-state index contributed by atoms with van der Waals surface area (Å²) in [4.78, 5) is 13.9. The lowest BCUT2D eigenvalue weighted by molar-refractivity contribution is 0.0578. The molecule has 1 atom stereocenters. The number of nitrogens with one attached hydrogen (secondary N) is 1. The molecule has 0 bridgehead atoms. The van der Waals surface area contributed by atoms with Crippen LogP contribution in [-0.2, 0) is 4.74 Å². The van der Waals surface area contributed by atoms with Crippen molar-refractivity contribution < 1.29 is 9.53 Å². The van der Waals surface area contributed by atoms with Crippen molar-refractivity contribution in [2.75, 3.05) is 16.8 Å². The molecule has 1 heterocycles. The summed E-state index contributed by atoms with van der Waals surface area (Å²) in [5.41, 5.74) is 1.38. The van der Waals surface area contributed by atoms with Gasteiger partial charge in [0.15, 0.2) is 0 Å². The predicted octanol–water partition coefficient (Wildman–Crippen LogP) is 3.24. The van der Waals surface area contributed by atoms with Gasteiger partial charge in [0.25, 0.3) is 0 Å². The zero-order valence-corrected chi connectivity index (χ0v) is 11.4. The maximum Gasteiger partial charge on any atom is 0.414 e. The molecule has 0 saturated heterocycles. The first-order chi connectivity index (χ1) is 8.37. The first-order valence-electron chi connectivity index (χ1n) is 6.23. The summed E-state index contributed by atoms with van der Waals surface area (Å²) >= 11 is 0. The first kappa shape index (κ1) is 12.7. The maximum atomic E-state index is 12.2. The lowest BCUT2D eigenvalue weighted by atomic mass is 10.1. The van der Waals surface area contributed by atoms with Gasteiger partial charge >= 0.3 is 6.09 Å². The highest BCUT2D eigenvalue weighted by molar-refractivity contribution is 5.93. The first-order valence-corrected chi connectivity index (χ1v) is 6.23. The van der Waals surface area contributed by atoms with Gasteiger partial charge in [-0.2, -0.15) is 0 Å². The van der Waals surface area contributed by atoms with Crippen molar-refractivity contribution in [2.45, 2.75) is 39.3 Å². The van der Waals surface area contributed by atoms with Crippen LogP contribution in [0, 0.1) is 0 Å². The Bertz CT molecular complexity index is 451. The average molecular weight is 248 g/mol. The molecule has 18 heavy (non-hydrogen) atoms. The van der Waals surface area contributed by atoms with Gasteiger partial charge in [-0.1, -0.05) is 12.1 Å². The van der Waals surface area contributed by atoms with Crippen LogP contribution in [0.25, 0.3) is 0 Å². The molecule has 0 spiro atoms. The molecule has 1 amide bonds. The number of nitrogens with zero attached hydrogens (tertiary/aromatic N) is 1. The van der Waals surface area contributed by atoms with E-state index in [0.29, 0.717) is 6.54 Å². The Balaban J connectivity index is 2.26. The Labute approximate surface area is 108 Å². The summed E-state index contributed by atoms with van der Waals surface area (Å²) in [6.07, 6.45) is -0.289. The molecule has 1 aromatic carbocycles. The SMILES string of the molecule is C[C@H]1CN(C(=O)OC(C)(C)C)c2ccccc2N1.